The van der Waals surface area contributed by atoms with E-state index in [1.165, 1.54) is 113 Å². The van der Waals surface area contributed by atoms with Crippen molar-refractivity contribution in [1.29, 1.82) is 0 Å². The van der Waals surface area contributed by atoms with Crippen LogP contribution in [0.15, 0.2) is 220 Å². The maximum Gasteiger partial charge on any atom is 0.247 e. The highest BCUT2D eigenvalue weighted by atomic mass is 32.2. The monoisotopic (exact) mass is 784 g/mol. The third kappa shape index (κ3) is 4.92. The van der Waals surface area contributed by atoms with Crippen LogP contribution in [0, 0.1) is 0 Å². The molecule has 0 radical (unpaired) electrons. The van der Waals surface area contributed by atoms with E-state index in [9.17, 15) is 0 Å². The van der Waals surface area contributed by atoms with Crippen molar-refractivity contribution in [1.82, 2.24) is 9.13 Å². The van der Waals surface area contributed by atoms with Crippen molar-refractivity contribution < 1.29 is 0 Å². The molecule has 0 spiro atoms. The standard InChI is InChI=1S/C54H33BN2S2/c1-7-20-44(56-46-22-9-3-16-38(46)39-17-4-10-23-47(39)56)36(14-1)34-28-30-42-52(32-34)58-50-26-13-27-51-54(50)55(42)43-31-29-35(33-53(43)59-51)37-15-2-8-21-45(37)57-48-24-11-5-18-40(48)41-19-6-12-25-49(41)57/h1-33H. The van der Waals surface area contributed by atoms with Gasteiger partial charge < -0.3 is 9.13 Å². The maximum atomic E-state index is 2.44. The molecule has 0 bridgehead atoms. The highest BCUT2D eigenvalue weighted by molar-refractivity contribution is 8.01. The second-order valence-corrected chi connectivity index (χ2v) is 17.8. The third-order valence-electron chi connectivity index (χ3n) is 12.5. The molecule has 0 fully saturated rings. The number of rotatable bonds is 4. The molecule has 2 aliphatic heterocycles. The van der Waals surface area contributed by atoms with E-state index >= 15 is 0 Å². The van der Waals surface area contributed by atoms with Crippen molar-refractivity contribution in [3.63, 3.8) is 0 Å². The lowest BCUT2D eigenvalue weighted by molar-refractivity contribution is 1.18. The van der Waals surface area contributed by atoms with Gasteiger partial charge in [-0.2, -0.15) is 0 Å². The molecule has 2 aliphatic rings. The average molecular weight is 785 g/mol. The molecule has 11 aromatic rings. The second kappa shape index (κ2) is 12.9. The van der Waals surface area contributed by atoms with Gasteiger partial charge in [-0.3, -0.25) is 0 Å². The SMILES string of the molecule is c1cc2c3c(c1)Sc1cc(-c4ccccc4-n4c5ccccc5c5ccccc54)ccc1B3c1ccc(-c3ccccc3-n3c4ccccc4c4ccccc43)cc1S2. The van der Waals surface area contributed by atoms with Crippen molar-refractivity contribution >= 4 is 90.2 Å². The number of nitrogens with zero attached hydrogens (tertiary/aromatic N) is 2. The largest absolute Gasteiger partial charge is 0.309 e. The fourth-order valence-electron chi connectivity index (χ4n) is 9.95. The highest BCUT2D eigenvalue weighted by Gasteiger charge is 2.38. The van der Waals surface area contributed by atoms with E-state index in [1.807, 2.05) is 23.5 Å². The van der Waals surface area contributed by atoms with E-state index in [0.717, 1.165) is 0 Å². The van der Waals surface area contributed by atoms with Crippen LogP contribution in [0.5, 0.6) is 0 Å². The smallest absolute Gasteiger partial charge is 0.247 e. The molecule has 0 unspecified atom stereocenters. The summed E-state index contributed by atoms with van der Waals surface area (Å²) >= 11 is 3.84. The van der Waals surface area contributed by atoms with Crippen LogP contribution in [0.3, 0.4) is 0 Å². The van der Waals surface area contributed by atoms with E-state index in [2.05, 4.69) is 209 Å². The van der Waals surface area contributed by atoms with E-state index in [-0.39, 0.29) is 6.71 Å². The predicted octanol–water partition coefficient (Wildman–Crippen LogP) is 12.7. The van der Waals surface area contributed by atoms with Crippen LogP contribution >= 0.6 is 23.5 Å². The Labute approximate surface area is 350 Å². The zero-order chi connectivity index (χ0) is 38.6. The minimum atomic E-state index is 0.164. The molecule has 4 heterocycles. The Balaban J connectivity index is 0.944. The van der Waals surface area contributed by atoms with Gasteiger partial charge in [0.05, 0.1) is 33.4 Å². The van der Waals surface area contributed by atoms with Gasteiger partial charge in [-0.1, -0.05) is 174 Å². The molecule has 0 atom stereocenters. The normalized spacial score (nSPS) is 12.9. The number of hydrogen-bond acceptors (Lipinski definition) is 2. The van der Waals surface area contributed by atoms with Gasteiger partial charge in [-0.05, 0) is 77.3 Å². The molecule has 0 aliphatic carbocycles. The van der Waals surface area contributed by atoms with Crippen LogP contribution < -0.4 is 16.4 Å². The molecular weight excluding hydrogens is 752 g/mol. The summed E-state index contributed by atoms with van der Waals surface area (Å²) in [6, 6.07) is 74.2. The molecular formula is C54H33BN2S2. The van der Waals surface area contributed by atoms with E-state index in [1.54, 1.807) is 0 Å². The molecule has 2 aromatic heterocycles. The topological polar surface area (TPSA) is 9.86 Å². The first-order chi connectivity index (χ1) is 29.3. The molecule has 13 rings (SSSR count). The van der Waals surface area contributed by atoms with Crippen LogP contribution in [-0.2, 0) is 0 Å². The number of benzene rings is 9. The minimum Gasteiger partial charge on any atom is -0.309 e. The lowest BCUT2D eigenvalue weighted by Gasteiger charge is -2.33. The van der Waals surface area contributed by atoms with Gasteiger partial charge in [0.1, 0.15) is 0 Å². The third-order valence-corrected chi connectivity index (χ3v) is 14.8. The number of hydrogen-bond donors (Lipinski definition) is 0. The first kappa shape index (κ1) is 33.3. The Hall–Kier alpha value is -6.66. The summed E-state index contributed by atoms with van der Waals surface area (Å²) in [6.07, 6.45) is 0. The van der Waals surface area contributed by atoms with Gasteiger partial charge in [0.15, 0.2) is 0 Å². The molecule has 59 heavy (non-hydrogen) atoms. The first-order valence-electron chi connectivity index (χ1n) is 20.2. The van der Waals surface area contributed by atoms with Gasteiger partial charge in [0.25, 0.3) is 0 Å². The van der Waals surface area contributed by atoms with Crippen LogP contribution in [0.25, 0.3) is 77.2 Å². The molecule has 0 saturated carbocycles. The average Bonchev–Trinajstić information content (AvgIpc) is 3.81. The van der Waals surface area contributed by atoms with Gasteiger partial charge in [-0.25, -0.2) is 0 Å². The van der Waals surface area contributed by atoms with Crippen LogP contribution in [0.2, 0.25) is 0 Å². The first-order valence-corrected chi connectivity index (χ1v) is 21.8. The summed E-state index contributed by atoms with van der Waals surface area (Å²) in [5, 5.41) is 5.11. The summed E-state index contributed by atoms with van der Waals surface area (Å²) in [7, 11) is 0. The second-order valence-electron chi connectivity index (χ2n) is 15.6. The summed E-state index contributed by atoms with van der Waals surface area (Å²) < 4.78 is 4.89. The zero-order valence-corrected chi connectivity index (χ0v) is 33.5. The molecule has 0 saturated heterocycles. The Morgan fingerprint density at radius 3 is 1.12 bits per heavy atom. The van der Waals surface area contributed by atoms with Crippen molar-refractivity contribution in [2.45, 2.75) is 19.6 Å². The lowest BCUT2D eigenvalue weighted by atomic mass is 9.36. The maximum absolute atomic E-state index is 2.44. The quantitative estimate of drug-likeness (QED) is 0.165. The van der Waals surface area contributed by atoms with Crippen LogP contribution in [-0.4, -0.2) is 15.8 Å². The number of para-hydroxylation sites is 6. The van der Waals surface area contributed by atoms with Gasteiger partial charge in [0.2, 0.25) is 6.71 Å². The number of aromatic nitrogens is 2. The minimum absolute atomic E-state index is 0.164. The van der Waals surface area contributed by atoms with E-state index < -0.39 is 0 Å². The molecule has 274 valence electrons. The summed E-state index contributed by atoms with van der Waals surface area (Å²) in [5.41, 5.74) is 16.4. The fourth-order valence-corrected chi connectivity index (χ4v) is 12.4. The highest BCUT2D eigenvalue weighted by Crippen LogP contribution is 2.43. The molecule has 0 amide bonds. The Morgan fingerprint density at radius 2 is 0.695 bits per heavy atom. The van der Waals surface area contributed by atoms with Gasteiger partial charge in [-0.15, -0.1) is 0 Å². The van der Waals surface area contributed by atoms with Crippen molar-refractivity contribution in [3.8, 4) is 33.6 Å². The molecule has 2 nitrogen and oxygen atoms in total. The summed E-state index contributed by atoms with van der Waals surface area (Å²) in [5.74, 6) is 0. The van der Waals surface area contributed by atoms with Gasteiger partial charge >= 0.3 is 0 Å². The Morgan fingerprint density at radius 1 is 0.322 bits per heavy atom. The van der Waals surface area contributed by atoms with Gasteiger partial charge in [0, 0.05) is 52.3 Å². The lowest BCUT2D eigenvalue weighted by Crippen LogP contribution is -2.58. The molecule has 9 aromatic carbocycles. The van der Waals surface area contributed by atoms with Crippen molar-refractivity contribution in [2.24, 2.45) is 0 Å². The number of fused-ring (bicyclic) bond motifs is 10. The Kier molecular flexibility index (Phi) is 7.30. The predicted molar refractivity (Wildman–Crippen MR) is 252 cm³/mol. The van der Waals surface area contributed by atoms with Crippen molar-refractivity contribution in [2.75, 3.05) is 0 Å². The summed E-state index contributed by atoms with van der Waals surface area (Å²) in [4.78, 5) is 5.36. The van der Waals surface area contributed by atoms with Crippen LogP contribution in [0.4, 0.5) is 0 Å². The molecule has 0 N–H and O–H groups in total. The van der Waals surface area contributed by atoms with Crippen molar-refractivity contribution in [3.05, 3.63) is 200 Å². The van der Waals surface area contributed by atoms with E-state index in [4.69, 9.17) is 0 Å². The molecule has 5 heteroatoms. The van der Waals surface area contributed by atoms with Crippen LogP contribution in [0.1, 0.15) is 0 Å². The zero-order valence-electron chi connectivity index (χ0n) is 31.8. The fraction of sp³-hybridized carbons (Fsp3) is 0. The summed E-state index contributed by atoms with van der Waals surface area (Å²) in [6.45, 7) is 0.164. The Bertz CT molecular complexity index is 3210. The van der Waals surface area contributed by atoms with E-state index in [0.29, 0.717) is 0 Å².